The minimum absolute atomic E-state index is 0.0468. The largest absolute Gasteiger partial charge is 0.490 e. The molecule has 2 N–H and O–H groups in total. The molecule has 0 saturated carbocycles. The van der Waals surface area contributed by atoms with E-state index in [1.54, 1.807) is 13.8 Å². The molecular formula is C12H16F3NO2. The fourth-order valence-electron chi connectivity index (χ4n) is 1.45. The van der Waals surface area contributed by atoms with Gasteiger partial charge >= 0.3 is 6.18 Å². The Kier molecular flexibility index (Phi) is 4.84. The first-order valence-electron chi connectivity index (χ1n) is 5.62. The molecule has 6 heteroatoms. The highest BCUT2D eigenvalue weighted by Crippen LogP contribution is 2.35. The van der Waals surface area contributed by atoms with Crippen LogP contribution in [0.5, 0.6) is 11.5 Å². The zero-order chi connectivity index (χ0) is 13.8. The van der Waals surface area contributed by atoms with E-state index in [0.717, 1.165) is 0 Å². The van der Waals surface area contributed by atoms with Crippen LogP contribution in [0.15, 0.2) is 18.2 Å². The number of halogens is 3. The van der Waals surface area contributed by atoms with E-state index in [0.29, 0.717) is 19.0 Å². The smallest absolute Gasteiger partial charge is 0.407 e. The van der Waals surface area contributed by atoms with Crippen molar-refractivity contribution in [1.82, 2.24) is 0 Å². The van der Waals surface area contributed by atoms with Gasteiger partial charge in [0.05, 0.1) is 13.2 Å². The van der Waals surface area contributed by atoms with Gasteiger partial charge in [-0.05, 0) is 31.5 Å². The molecule has 1 atom stereocenters. The van der Waals surface area contributed by atoms with Crippen molar-refractivity contribution >= 4 is 0 Å². The van der Waals surface area contributed by atoms with Gasteiger partial charge in [-0.25, -0.2) is 0 Å². The van der Waals surface area contributed by atoms with Crippen LogP contribution < -0.4 is 15.2 Å². The molecule has 0 bridgehead atoms. The van der Waals surface area contributed by atoms with Crippen molar-refractivity contribution in [3.8, 4) is 11.5 Å². The first kappa shape index (κ1) is 14.6. The summed E-state index contributed by atoms with van der Waals surface area (Å²) in [4.78, 5) is 0. The first-order chi connectivity index (χ1) is 8.40. The highest BCUT2D eigenvalue weighted by Gasteiger charge is 2.38. The minimum atomic E-state index is -4.48. The van der Waals surface area contributed by atoms with Gasteiger partial charge in [-0.3, -0.25) is 0 Å². The van der Waals surface area contributed by atoms with Gasteiger partial charge in [-0.2, -0.15) is 13.2 Å². The van der Waals surface area contributed by atoms with E-state index in [2.05, 4.69) is 0 Å². The number of nitrogens with two attached hydrogens (primary N) is 1. The molecule has 1 aromatic rings. The van der Waals surface area contributed by atoms with Crippen molar-refractivity contribution in [3.63, 3.8) is 0 Å². The monoisotopic (exact) mass is 263 g/mol. The molecule has 0 radical (unpaired) electrons. The first-order valence-corrected chi connectivity index (χ1v) is 5.62. The predicted octanol–water partition coefficient (Wildman–Crippen LogP) is 3.05. The molecule has 102 valence electrons. The quantitative estimate of drug-likeness (QED) is 0.888. The van der Waals surface area contributed by atoms with Crippen molar-refractivity contribution in [1.29, 1.82) is 0 Å². The Labute approximate surface area is 104 Å². The number of benzene rings is 1. The average Bonchev–Trinajstić information content (AvgIpc) is 2.30. The molecule has 0 aliphatic heterocycles. The third-order valence-corrected chi connectivity index (χ3v) is 2.28. The third kappa shape index (κ3) is 3.53. The fraction of sp³-hybridized carbons (Fsp3) is 0.500. The number of ether oxygens (including phenoxy) is 2. The van der Waals surface area contributed by atoms with Gasteiger partial charge < -0.3 is 15.2 Å². The summed E-state index contributed by atoms with van der Waals surface area (Å²) in [6.45, 7) is 4.27. The van der Waals surface area contributed by atoms with Crippen LogP contribution in [-0.2, 0) is 0 Å². The summed E-state index contributed by atoms with van der Waals surface area (Å²) < 4.78 is 48.0. The van der Waals surface area contributed by atoms with E-state index in [-0.39, 0.29) is 11.3 Å². The van der Waals surface area contributed by atoms with Crippen molar-refractivity contribution < 1.29 is 22.6 Å². The Hall–Kier alpha value is -1.43. The molecule has 0 amide bonds. The molecule has 0 spiro atoms. The van der Waals surface area contributed by atoms with Crippen LogP contribution in [0.25, 0.3) is 0 Å². The van der Waals surface area contributed by atoms with Gasteiger partial charge in [-0.15, -0.1) is 0 Å². The van der Waals surface area contributed by atoms with Gasteiger partial charge in [0.25, 0.3) is 0 Å². The maximum absolute atomic E-state index is 12.5. The topological polar surface area (TPSA) is 44.5 Å². The molecule has 0 fully saturated rings. The molecule has 0 aromatic heterocycles. The van der Waals surface area contributed by atoms with Crippen molar-refractivity contribution in [2.24, 2.45) is 5.73 Å². The van der Waals surface area contributed by atoms with E-state index in [9.17, 15) is 13.2 Å². The zero-order valence-electron chi connectivity index (χ0n) is 10.3. The molecule has 0 aliphatic carbocycles. The Morgan fingerprint density at radius 2 is 1.67 bits per heavy atom. The molecule has 1 aromatic carbocycles. The van der Waals surface area contributed by atoms with Crippen LogP contribution in [0.4, 0.5) is 13.2 Å². The molecule has 18 heavy (non-hydrogen) atoms. The van der Waals surface area contributed by atoms with Crippen LogP contribution in [0, 0.1) is 0 Å². The van der Waals surface area contributed by atoms with E-state index in [4.69, 9.17) is 15.2 Å². The zero-order valence-corrected chi connectivity index (χ0v) is 10.3. The molecule has 1 unspecified atom stereocenters. The van der Waals surface area contributed by atoms with Gasteiger partial charge in [-0.1, -0.05) is 6.07 Å². The summed E-state index contributed by atoms with van der Waals surface area (Å²) in [5.41, 5.74) is 5.09. The summed E-state index contributed by atoms with van der Waals surface area (Å²) in [5.74, 6) is 0.689. The average molecular weight is 263 g/mol. The lowest BCUT2D eigenvalue weighted by molar-refractivity contribution is -0.149. The van der Waals surface area contributed by atoms with Gasteiger partial charge in [0, 0.05) is 0 Å². The molecule has 0 saturated heterocycles. The highest BCUT2D eigenvalue weighted by molar-refractivity contribution is 5.44. The number of hydrogen-bond acceptors (Lipinski definition) is 3. The maximum Gasteiger partial charge on any atom is 0.407 e. The molecule has 3 nitrogen and oxygen atoms in total. The van der Waals surface area contributed by atoms with Crippen molar-refractivity contribution in [2.45, 2.75) is 26.1 Å². The van der Waals surface area contributed by atoms with Gasteiger partial charge in [0.15, 0.2) is 11.5 Å². The lowest BCUT2D eigenvalue weighted by Gasteiger charge is -2.18. The van der Waals surface area contributed by atoms with Crippen LogP contribution in [0.3, 0.4) is 0 Å². The lowest BCUT2D eigenvalue weighted by Crippen LogP contribution is -2.28. The second-order valence-corrected chi connectivity index (χ2v) is 3.59. The number of hydrogen-bond donors (Lipinski definition) is 1. The van der Waals surface area contributed by atoms with E-state index in [1.165, 1.54) is 18.2 Å². The van der Waals surface area contributed by atoms with Crippen LogP contribution in [0.1, 0.15) is 25.5 Å². The van der Waals surface area contributed by atoms with E-state index < -0.39 is 12.2 Å². The van der Waals surface area contributed by atoms with Gasteiger partial charge in [0.2, 0.25) is 0 Å². The third-order valence-electron chi connectivity index (χ3n) is 2.28. The maximum atomic E-state index is 12.5. The second-order valence-electron chi connectivity index (χ2n) is 3.59. The SMILES string of the molecule is CCOc1ccc(C(N)C(F)(F)F)cc1OCC. The Bertz CT molecular complexity index is 393. The summed E-state index contributed by atoms with van der Waals surface area (Å²) in [6, 6.07) is 1.99. The second kappa shape index (κ2) is 5.95. The van der Waals surface area contributed by atoms with Crippen LogP contribution in [-0.4, -0.2) is 19.4 Å². The summed E-state index contributed by atoms with van der Waals surface area (Å²) in [7, 11) is 0. The normalized spacial score (nSPS) is 13.2. The number of rotatable bonds is 5. The van der Waals surface area contributed by atoms with Gasteiger partial charge in [0.1, 0.15) is 6.04 Å². The minimum Gasteiger partial charge on any atom is -0.490 e. The van der Waals surface area contributed by atoms with Crippen molar-refractivity contribution in [2.75, 3.05) is 13.2 Å². The Balaban J connectivity index is 3.06. The fourth-order valence-corrected chi connectivity index (χ4v) is 1.45. The predicted molar refractivity (Wildman–Crippen MR) is 61.8 cm³/mol. The summed E-state index contributed by atoms with van der Waals surface area (Å²) >= 11 is 0. The van der Waals surface area contributed by atoms with E-state index in [1.807, 2.05) is 0 Å². The molecule has 0 heterocycles. The summed E-state index contributed by atoms with van der Waals surface area (Å²) in [5, 5.41) is 0. The Morgan fingerprint density at radius 1 is 1.11 bits per heavy atom. The Morgan fingerprint density at radius 3 is 2.17 bits per heavy atom. The summed E-state index contributed by atoms with van der Waals surface area (Å²) in [6.07, 6.45) is -4.48. The van der Waals surface area contributed by atoms with Crippen LogP contribution >= 0.6 is 0 Å². The van der Waals surface area contributed by atoms with Crippen LogP contribution in [0.2, 0.25) is 0 Å². The van der Waals surface area contributed by atoms with E-state index >= 15 is 0 Å². The molecule has 0 aliphatic rings. The van der Waals surface area contributed by atoms with Crippen molar-refractivity contribution in [3.05, 3.63) is 23.8 Å². The number of alkyl halides is 3. The highest BCUT2D eigenvalue weighted by atomic mass is 19.4. The standard InChI is InChI=1S/C12H16F3NO2/c1-3-17-9-6-5-8(7-10(9)18-4-2)11(16)12(13,14)15/h5-7,11H,3-4,16H2,1-2H3. The molecule has 1 rings (SSSR count). The molecular weight excluding hydrogens is 247 g/mol. The lowest BCUT2D eigenvalue weighted by atomic mass is 10.1.